The van der Waals surface area contributed by atoms with Crippen molar-refractivity contribution >= 4 is 28.5 Å². The molecule has 2 N–H and O–H groups in total. The van der Waals surface area contributed by atoms with Crippen molar-refractivity contribution in [2.45, 2.75) is 63.2 Å². The largest absolute Gasteiger partial charge is 0.340 e. The minimum atomic E-state index is -0.835. The molecule has 0 saturated carbocycles. The van der Waals surface area contributed by atoms with Gasteiger partial charge >= 0.3 is 0 Å². The van der Waals surface area contributed by atoms with E-state index in [1.165, 1.54) is 15.9 Å². The zero-order valence-electron chi connectivity index (χ0n) is 27.6. The first-order chi connectivity index (χ1) is 21.4. The highest BCUT2D eigenvalue weighted by molar-refractivity contribution is 5.95. The molecule has 3 aromatic carbocycles. The van der Waals surface area contributed by atoms with Gasteiger partial charge in [0.15, 0.2) is 0 Å². The molecular formula is C37H49N5O3. The quantitative estimate of drug-likeness (QED) is 0.319. The number of likely N-dealkylation sites (N-methyl/N-ethyl adjacent to an activating group) is 2. The zero-order chi connectivity index (χ0) is 32.7. The Morgan fingerprint density at radius 2 is 1.51 bits per heavy atom. The summed E-state index contributed by atoms with van der Waals surface area (Å²) < 4.78 is 0. The number of carbonyl (C=O) groups is 3. The second kappa shape index (κ2) is 14.8. The lowest BCUT2D eigenvalue weighted by molar-refractivity contribution is -0.150. The SMILES string of the molecule is CN(C)C1CCN(C(=O)[C@@H](c2ccccc2)N(C)C(=O)[C@@H](Cc2ccc3ccccc3c2)N(C)C(=O)/C=C/CC(C)(C)N)CC1. The van der Waals surface area contributed by atoms with E-state index in [9.17, 15) is 14.4 Å². The number of piperidine rings is 1. The Morgan fingerprint density at radius 1 is 0.889 bits per heavy atom. The predicted molar refractivity (Wildman–Crippen MR) is 181 cm³/mol. The standard InChI is InChI=1S/C37H49N5O3/c1-37(2,38)22-12-17-33(43)40(5)32(26-27-18-19-28-13-10-11-16-30(28)25-27)35(44)41(6)34(29-14-8-7-9-15-29)36(45)42-23-20-31(21-24-42)39(3)4/h7-19,25,31-32,34H,20-24,26,38H2,1-6H3/b17-12+/t32-,34-/m1/s1. The van der Waals surface area contributed by atoms with Crippen molar-refractivity contribution in [1.29, 1.82) is 0 Å². The number of hydrogen-bond donors (Lipinski definition) is 1. The minimum absolute atomic E-state index is 0.0993. The number of amides is 3. The summed E-state index contributed by atoms with van der Waals surface area (Å²) in [5.74, 6) is -0.685. The fraction of sp³-hybridized carbons (Fsp3) is 0.432. The summed E-state index contributed by atoms with van der Waals surface area (Å²) in [4.78, 5) is 49.3. The van der Waals surface area contributed by atoms with Gasteiger partial charge in [-0.25, -0.2) is 0 Å². The van der Waals surface area contributed by atoms with Gasteiger partial charge in [0.1, 0.15) is 12.1 Å². The van der Waals surface area contributed by atoms with Crippen molar-refractivity contribution in [3.63, 3.8) is 0 Å². The van der Waals surface area contributed by atoms with Gasteiger partial charge in [0.25, 0.3) is 0 Å². The summed E-state index contributed by atoms with van der Waals surface area (Å²) in [6, 6.07) is 22.4. The molecule has 0 spiro atoms. The van der Waals surface area contributed by atoms with Gasteiger partial charge in [-0.2, -0.15) is 0 Å². The van der Waals surface area contributed by atoms with Gasteiger partial charge in [-0.05, 0) is 75.2 Å². The van der Waals surface area contributed by atoms with Crippen LogP contribution in [-0.2, 0) is 20.8 Å². The Balaban J connectivity index is 1.66. The number of carbonyl (C=O) groups excluding carboxylic acids is 3. The molecule has 45 heavy (non-hydrogen) atoms. The number of hydrogen-bond acceptors (Lipinski definition) is 5. The maximum absolute atomic E-state index is 14.5. The minimum Gasteiger partial charge on any atom is -0.340 e. The maximum Gasteiger partial charge on any atom is 0.250 e. The number of nitrogens with two attached hydrogens (primary N) is 1. The Kier molecular flexibility index (Phi) is 11.2. The summed E-state index contributed by atoms with van der Waals surface area (Å²) in [6.07, 6.45) is 5.83. The van der Waals surface area contributed by atoms with E-state index in [2.05, 4.69) is 25.1 Å². The highest BCUT2D eigenvalue weighted by Gasteiger charge is 2.38. The summed E-state index contributed by atoms with van der Waals surface area (Å²) in [5, 5.41) is 2.16. The van der Waals surface area contributed by atoms with Crippen LogP contribution in [0.1, 0.15) is 50.3 Å². The maximum atomic E-state index is 14.5. The van der Waals surface area contributed by atoms with E-state index in [-0.39, 0.29) is 17.7 Å². The molecule has 1 aliphatic heterocycles. The summed E-state index contributed by atoms with van der Waals surface area (Å²) in [5.41, 5.74) is 7.34. The predicted octanol–water partition coefficient (Wildman–Crippen LogP) is 4.65. The normalized spacial score (nSPS) is 15.8. The molecule has 3 aromatic rings. The van der Waals surface area contributed by atoms with Crippen molar-refractivity contribution in [3.05, 3.63) is 96.1 Å². The van der Waals surface area contributed by atoms with Crippen molar-refractivity contribution in [2.24, 2.45) is 5.73 Å². The van der Waals surface area contributed by atoms with Crippen LogP contribution in [0.5, 0.6) is 0 Å². The molecule has 1 saturated heterocycles. The van der Waals surface area contributed by atoms with E-state index in [4.69, 9.17) is 5.73 Å². The lowest BCUT2D eigenvalue weighted by atomic mass is 9.97. The Morgan fingerprint density at radius 3 is 2.13 bits per heavy atom. The number of likely N-dealkylation sites (tertiary alicyclic amines) is 1. The second-order valence-corrected chi connectivity index (χ2v) is 13.2. The summed E-state index contributed by atoms with van der Waals surface area (Å²) in [6.45, 7) is 5.06. The van der Waals surface area contributed by atoms with E-state index >= 15 is 0 Å². The molecule has 0 aromatic heterocycles. The molecule has 0 bridgehead atoms. The van der Waals surface area contributed by atoms with Crippen molar-refractivity contribution in [2.75, 3.05) is 41.3 Å². The molecule has 4 rings (SSSR count). The Hall–Kier alpha value is -4.01. The fourth-order valence-corrected chi connectivity index (χ4v) is 6.02. The molecule has 3 amide bonds. The molecule has 8 heteroatoms. The number of fused-ring (bicyclic) bond motifs is 1. The molecule has 0 aliphatic carbocycles. The smallest absolute Gasteiger partial charge is 0.250 e. The van der Waals surface area contributed by atoms with E-state index < -0.39 is 17.6 Å². The van der Waals surface area contributed by atoms with E-state index in [0.29, 0.717) is 32.0 Å². The monoisotopic (exact) mass is 611 g/mol. The van der Waals surface area contributed by atoms with Crippen LogP contribution in [0, 0.1) is 0 Å². The molecule has 8 nitrogen and oxygen atoms in total. The molecule has 2 atom stereocenters. The lowest BCUT2D eigenvalue weighted by Gasteiger charge is -2.40. The van der Waals surface area contributed by atoms with Crippen LogP contribution in [0.2, 0.25) is 0 Å². The van der Waals surface area contributed by atoms with E-state index in [1.807, 2.05) is 85.5 Å². The highest BCUT2D eigenvalue weighted by atomic mass is 16.2. The third kappa shape index (κ3) is 8.80. The van der Waals surface area contributed by atoms with Gasteiger partial charge in [-0.1, -0.05) is 78.9 Å². The Bertz CT molecular complexity index is 1490. The van der Waals surface area contributed by atoms with Gasteiger partial charge in [-0.3, -0.25) is 14.4 Å². The topological polar surface area (TPSA) is 90.2 Å². The zero-order valence-corrected chi connectivity index (χ0v) is 27.6. The van der Waals surface area contributed by atoms with Crippen LogP contribution >= 0.6 is 0 Å². The first-order valence-corrected chi connectivity index (χ1v) is 15.8. The van der Waals surface area contributed by atoms with Crippen LogP contribution in [0.3, 0.4) is 0 Å². The average molecular weight is 612 g/mol. The van der Waals surface area contributed by atoms with Crippen LogP contribution in [0.25, 0.3) is 10.8 Å². The molecule has 0 radical (unpaired) electrons. The highest BCUT2D eigenvalue weighted by Crippen LogP contribution is 2.27. The van der Waals surface area contributed by atoms with Gasteiger partial charge in [0, 0.05) is 45.2 Å². The van der Waals surface area contributed by atoms with Crippen LogP contribution < -0.4 is 5.73 Å². The van der Waals surface area contributed by atoms with E-state index in [0.717, 1.165) is 34.7 Å². The van der Waals surface area contributed by atoms with E-state index in [1.54, 1.807) is 20.2 Å². The van der Waals surface area contributed by atoms with Gasteiger partial charge in [0.05, 0.1) is 0 Å². The molecule has 0 unspecified atom stereocenters. The van der Waals surface area contributed by atoms with Crippen molar-refractivity contribution < 1.29 is 14.4 Å². The summed E-state index contributed by atoms with van der Waals surface area (Å²) in [7, 11) is 7.48. The summed E-state index contributed by atoms with van der Waals surface area (Å²) >= 11 is 0. The molecule has 240 valence electrons. The van der Waals surface area contributed by atoms with Crippen molar-refractivity contribution in [1.82, 2.24) is 19.6 Å². The van der Waals surface area contributed by atoms with Crippen LogP contribution in [0.4, 0.5) is 0 Å². The van der Waals surface area contributed by atoms with Gasteiger partial charge in [0.2, 0.25) is 17.7 Å². The van der Waals surface area contributed by atoms with Crippen LogP contribution in [-0.4, -0.2) is 96.2 Å². The first-order valence-electron chi connectivity index (χ1n) is 15.8. The third-order valence-electron chi connectivity index (χ3n) is 8.84. The fourth-order valence-electron chi connectivity index (χ4n) is 6.02. The molecule has 1 heterocycles. The Labute approximate surface area is 268 Å². The lowest BCUT2D eigenvalue weighted by Crippen LogP contribution is -2.53. The number of nitrogens with zero attached hydrogens (tertiary/aromatic N) is 4. The molecular weight excluding hydrogens is 562 g/mol. The second-order valence-electron chi connectivity index (χ2n) is 13.2. The van der Waals surface area contributed by atoms with Gasteiger partial charge in [-0.15, -0.1) is 0 Å². The average Bonchev–Trinajstić information content (AvgIpc) is 3.02. The number of rotatable bonds is 11. The first kappa shape index (κ1) is 33.9. The number of benzene rings is 3. The molecule has 1 fully saturated rings. The molecule has 1 aliphatic rings. The van der Waals surface area contributed by atoms with Crippen molar-refractivity contribution in [3.8, 4) is 0 Å². The van der Waals surface area contributed by atoms with Crippen LogP contribution in [0.15, 0.2) is 84.9 Å². The third-order valence-corrected chi connectivity index (χ3v) is 8.84. The van der Waals surface area contributed by atoms with Gasteiger partial charge < -0.3 is 25.3 Å².